The molecule has 26 heavy (non-hydrogen) atoms. The van der Waals surface area contributed by atoms with Crippen molar-refractivity contribution in [2.45, 2.75) is 5.22 Å². The number of thioether (sulfide) groups is 1. The van der Waals surface area contributed by atoms with Gasteiger partial charge >= 0.3 is 0 Å². The fourth-order valence-electron chi connectivity index (χ4n) is 2.43. The first-order valence-corrected chi connectivity index (χ1v) is 9.46. The lowest BCUT2D eigenvalue weighted by Crippen LogP contribution is -2.14. The van der Waals surface area contributed by atoms with Crippen molar-refractivity contribution < 1.29 is 14.0 Å². The number of carbonyl (C=O) groups excluding carboxylic acids is 2. The number of aromatic amines is 1. The maximum absolute atomic E-state index is 12.0. The van der Waals surface area contributed by atoms with E-state index < -0.39 is 0 Å². The SMILES string of the molecule is O=Cc1ccsc1NC(=O)CSc1nnc(-c2c[nH]c3ccccc23)o1. The van der Waals surface area contributed by atoms with Gasteiger partial charge < -0.3 is 14.7 Å². The van der Waals surface area contributed by atoms with Gasteiger partial charge in [0.25, 0.3) is 11.1 Å². The van der Waals surface area contributed by atoms with Crippen molar-refractivity contribution in [2.75, 3.05) is 11.1 Å². The van der Waals surface area contributed by atoms with Crippen LogP contribution in [-0.4, -0.2) is 33.1 Å². The molecular formula is C17H12N4O3S2. The van der Waals surface area contributed by atoms with Gasteiger partial charge in [-0.3, -0.25) is 9.59 Å². The molecule has 0 aliphatic rings. The van der Waals surface area contributed by atoms with E-state index in [0.717, 1.165) is 28.2 Å². The minimum atomic E-state index is -0.243. The highest BCUT2D eigenvalue weighted by molar-refractivity contribution is 7.99. The number of nitrogens with one attached hydrogen (secondary N) is 2. The Hall–Kier alpha value is -2.91. The number of hydrogen-bond acceptors (Lipinski definition) is 7. The number of H-pyrrole nitrogens is 1. The van der Waals surface area contributed by atoms with Crippen LogP contribution in [0.3, 0.4) is 0 Å². The molecule has 0 aliphatic heterocycles. The number of carbonyl (C=O) groups is 2. The van der Waals surface area contributed by atoms with Crippen LogP contribution in [0.15, 0.2) is 51.5 Å². The summed E-state index contributed by atoms with van der Waals surface area (Å²) in [5.74, 6) is 0.255. The van der Waals surface area contributed by atoms with Gasteiger partial charge in [0.1, 0.15) is 5.00 Å². The summed E-state index contributed by atoms with van der Waals surface area (Å²) < 4.78 is 5.65. The molecule has 0 saturated heterocycles. The number of aldehydes is 1. The molecule has 0 atom stereocenters. The Kier molecular flexibility index (Phi) is 4.55. The highest BCUT2D eigenvalue weighted by Crippen LogP contribution is 2.29. The van der Waals surface area contributed by atoms with Gasteiger partial charge in [-0.25, -0.2) is 0 Å². The molecule has 3 aromatic heterocycles. The minimum absolute atomic E-state index is 0.103. The summed E-state index contributed by atoms with van der Waals surface area (Å²) in [5, 5.41) is 14.3. The number of amides is 1. The van der Waals surface area contributed by atoms with Crippen LogP contribution in [0.2, 0.25) is 0 Å². The summed E-state index contributed by atoms with van der Waals surface area (Å²) in [5.41, 5.74) is 2.27. The van der Waals surface area contributed by atoms with Gasteiger partial charge in [0.15, 0.2) is 6.29 Å². The zero-order chi connectivity index (χ0) is 17.9. The third kappa shape index (κ3) is 3.26. The monoisotopic (exact) mass is 384 g/mol. The quantitative estimate of drug-likeness (QED) is 0.387. The molecular weight excluding hydrogens is 372 g/mol. The molecule has 130 valence electrons. The first-order chi connectivity index (χ1) is 12.7. The number of nitrogens with zero attached hydrogens (tertiary/aromatic N) is 2. The van der Waals surface area contributed by atoms with E-state index in [-0.39, 0.29) is 11.7 Å². The van der Waals surface area contributed by atoms with E-state index in [1.54, 1.807) is 11.4 Å². The Morgan fingerprint density at radius 3 is 3.08 bits per heavy atom. The van der Waals surface area contributed by atoms with Crippen LogP contribution in [0.5, 0.6) is 0 Å². The van der Waals surface area contributed by atoms with E-state index >= 15 is 0 Å². The Bertz CT molecular complexity index is 1080. The summed E-state index contributed by atoms with van der Waals surface area (Å²) in [7, 11) is 0. The molecule has 1 amide bonds. The Labute approximate surface area is 155 Å². The summed E-state index contributed by atoms with van der Waals surface area (Å²) >= 11 is 2.44. The van der Waals surface area contributed by atoms with Crippen LogP contribution in [0, 0.1) is 0 Å². The van der Waals surface area contributed by atoms with E-state index in [2.05, 4.69) is 20.5 Å². The number of anilines is 1. The lowest BCUT2D eigenvalue weighted by Gasteiger charge is -2.01. The molecule has 0 saturated carbocycles. The zero-order valence-corrected chi connectivity index (χ0v) is 14.9. The first kappa shape index (κ1) is 16.6. The molecule has 2 N–H and O–H groups in total. The van der Waals surface area contributed by atoms with Crippen LogP contribution >= 0.6 is 23.1 Å². The maximum Gasteiger partial charge on any atom is 0.277 e. The second-order valence-corrected chi connectivity index (χ2v) is 7.12. The van der Waals surface area contributed by atoms with Gasteiger partial charge in [0, 0.05) is 22.7 Å². The van der Waals surface area contributed by atoms with Gasteiger partial charge in [-0.2, -0.15) is 0 Å². The van der Waals surface area contributed by atoms with E-state index in [0.29, 0.717) is 28.0 Å². The van der Waals surface area contributed by atoms with Crippen molar-refractivity contribution in [3.05, 3.63) is 47.5 Å². The second-order valence-electron chi connectivity index (χ2n) is 5.28. The number of rotatable bonds is 6. The van der Waals surface area contributed by atoms with Crippen molar-refractivity contribution >= 4 is 51.2 Å². The molecule has 1 aromatic carbocycles. The lowest BCUT2D eigenvalue weighted by atomic mass is 10.2. The standard InChI is InChI=1S/C17H12N4O3S2/c22-8-10-5-6-25-16(10)19-14(23)9-26-17-21-20-15(24-17)12-7-18-13-4-2-1-3-11(12)13/h1-8,18H,9H2,(H,19,23). The van der Waals surface area contributed by atoms with E-state index in [9.17, 15) is 9.59 Å². The van der Waals surface area contributed by atoms with Crippen LogP contribution in [0.4, 0.5) is 5.00 Å². The average molecular weight is 384 g/mol. The van der Waals surface area contributed by atoms with E-state index in [1.165, 1.54) is 11.3 Å². The van der Waals surface area contributed by atoms with Gasteiger partial charge in [0.05, 0.1) is 11.3 Å². The van der Waals surface area contributed by atoms with Crippen LogP contribution in [0.25, 0.3) is 22.4 Å². The molecule has 0 aliphatic carbocycles. The summed E-state index contributed by atoms with van der Waals surface area (Å²) in [6, 6.07) is 9.48. The van der Waals surface area contributed by atoms with E-state index in [1.807, 2.05) is 30.5 Å². The average Bonchev–Trinajstić information content (AvgIpc) is 3.38. The smallest absolute Gasteiger partial charge is 0.277 e. The van der Waals surface area contributed by atoms with Crippen LogP contribution in [0.1, 0.15) is 10.4 Å². The Balaban J connectivity index is 1.42. The molecule has 0 spiro atoms. The highest BCUT2D eigenvalue weighted by atomic mass is 32.2. The molecule has 0 unspecified atom stereocenters. The summed E-state index contributed by atoms with van der Waals surface area (Å²) in [6.07, 6.45) is 2.53. The first-order valence-electron chi connectivity index (χ1n) is 7.60. The summed E-state index contributed by atoms with van der Waals surface area (Å²) in [6.45, 7) is 0. The molecule has 0 fully saturated rings. The fraction of sp³-hybridized carbons (Fsp3) is 0.0588. The Morgan fingerprint density at radius 1 is 1.31 bits per heavy atom. The number of aromatic nitrogens is 3. The van der Waals surface area contributed by atoms with Gasteiger partial charge in [0.2, 0.25) is 5.91 Å². The minimum Gasteiger partial charge on any atom is -0.411 e. The highest BCUT2D eigenvalue weighted by Gasteiger charge is 2.15. The molecule has 4 rings (SSSR count). The maximum atomic E-state index is 12.0. The second kappa shape index (κ2) is 7.14. The molecule has 9 heteroatoms. The van der Waals surface area contributed by atoms with Gasteiger partial charge in [-0.05, 0) is 17.5 Å². The number of fused-ring (bicyclic) bond motifs is 1. The lowest BCUT2D eigenvalue weighted by molar-refractivity contribution is -0.113. The predicted molar refractivity (Wildman–Crippen MR) is 101 cm³/mol. The predicted octanol–water partition coefficient (Wildman–Crippen LogP) is 3.82. The number of para-hydroxylation sites is 1. The topological polar surface area (TPSA) is 101 Å². The van der Waals surface area contributed by atoms with Crippen molar-refractivity contribution in [3.63, 3.8) is 0 Å². The van der Waals surface area contributed by atoms with Gasteiger partial charge in [-0.1, -0.05) is 30.0 Å². The largest absolute Gasteiger partial charge is 0.411 e. The number of benzene rings is 1. The third-order valence-corrected chi connectivity index (χ3v) is 5.29. The van der Waals surface area contributed by atoms with Crippen LogP contribution < -0.4 is 5.32 Å². The zero-order valence-electron chi connectivity index (χ0n) is 13.3. The fourth-order valence-corrected chi connectivity index (χ4v) is 3.77. The van der Waals surface area contributed by atoms with Gasteiger partial charge in [-0.15, -0.1) is 21.5 Å². The third-order valence-electron chi connectivity index (χ3n) is 3.63. The molecule has 0 radical (unpaired) electrons. The normalized spacial score (nSPS) is 10.9. The van der Waals surface area contributed by atoms with Crippen molar-refractivity contribution in [3.8, 4) is 11.5 Å². The Morgan fingerprint density at radius 2 is 2.19 bits per heavy atom. The summed E-state index contributed by atoms with van der Waals surface area (Å²) in [4.78, 5) is 26.1. The van der Waals surface area contributed by atoms with Crippen molar-refractivity contribution in [1.29, 1.82) is 0 Å². The number of thiophene rings is 1. The van der Waals surface area contributed by atoms with Crippen molar-refractivity contribution in [1.82, 2.24) is 15.2 Å². The molecule has 3 heterocycles. The molecule has 7 nitrogen and oxygen atoms in total. The van der Waals surface area contributed by atoms with Crippen LogP contribution in [-0.2, 0) is 4.79 Å². The molecule has 4 aromatic rings. The van der Waals surface area contributed by atoms with E-state index in [4.69, 9.17) is 4.42 Å². The van der Waals surface area contributed by atoms with Crippen molar-refractivity contribution in [2.24, 2.45) is 0 Å². The number of hydrogen-bond donors (Lipinski definition) is 2. The molecule has 0 bridgehead atoms.